The van der Waals surface area contributed by atoms with Gasteiger partial charge in [0.15, 0.2) is 32.8 Å². The molecule has 2 heterocycles. The number of phenols is 2. The van der Waals surface area contributed by atoms with Crippen LogP contribution in [0, 0.1) is 22.2 Å². The molecule has 0 saturated carbocycles. The highest BCUT2D eigenvalue weighted by atomic mass is 32.2. The van der Waals surface area contributed by atoms with E-state index in [0.717, 1.165) is 48.0 Å². The van der Waals surface area contributed by atoms with Crippen molar-refractivity contribution in [3.63, 3.8) is 0 Å². The lowest BCUT2D eigenvalue weighted by Gasteiger charge is -2.20. The van der Waals surface area contributed by atoms with Crippen molar-refractivity contribution in [1.29, 1.82) is 0 Å². The van der Waals surface area contributed by atoms with Crippen LogP contribution >= 0.6 is 0 Å². The molecule has 2 aliphatic rings. The van der Waals surface area contributed by atoms with Gasteiger partial charge < -0.3 is 47.7 Å². The van der Waals surface area contributed by atoms with Crippen LogP contribution in [0.1, 0.15) is 102 Å². The topological polar surface area (TPSA) is 279 Å². The van der Waals surface area contributed by atoms with Crippen molar-refractivity contribution in [2.45, 2.75) is 141 Å². The minimum atomic E-state index is -4.48. The Balaban J connectivity index is 0.000000166. The van der Waals surface area contributed by atoms with E-state index in [-0.39, 0.29) is 72.7 Å². The van der Waals surface area contributed by atoms with Gasteiger partial charge in [0, 0.05) is 0 Å². The Labute approximate surface area is 643 Å². The van der Waals surface area contributed by atoms with E-state index in [9.17, 15) is 45.1 Å². The van der Waals surface area contributed by atoms with Gasteiger partial charge >= 0.3 is 23.9 Å². The largest absolute Gasteiger partial charge is 0.744 e. The molecular weight excluding hydrogens is 1460 g/mol. The van der Waals surface area contributed by atoms with E-state index in [1.54, 1.807) is 56.3 Å². The Bertz CT molecular complexity index is 4910. The van der Waals surface area contributed by atoms with Crippen LogP contribution in [0.3, 0.4) is 0 Å². The van der Waals surface area contributed by atoms with Crippen LogP contribution in [-0.4, -0.2) is 60.0 Å². The second-order valence-corrected chi connectivity index (χ2v) is 33.6. The standard InChI is InChI=1S/2C18H13OS.C16H18O5S.C12H16O5S.C12H16O3.C11H14O3/c2*1-2-8-14(9-3-1)20-17-12-6-4-10-15(17)19-16-11-5-7-13-18(16)20;1-4-16(2,3)15(17)21-13-7-5-12-10-14(22(18,19)20)8-6-11(12)9-13;1-4-12(2,3)11(13)17-9-5-7-10(8-6-9)18(14,15)16;1-4-12(2,3)11(14)15-10-7-5-9(13)6-8-10;1-3-8(2)11(13)14-10-6-4-9(12)5-7-10/h2*1-13H;5-10H,4H2,1-3H3,(H,18,19,20);5-8H,4H2,1-3H3,(H,14,15,16);5-8,13H,4H2,1-3H3;4-8,12H,3H2,1-2H3/q2*+1;;;;/p-2. The van der Waals surface area contributed by atoms with Crippen molar-refractivity contribution in [1.82, 2.24) is 0 Å². The van der Waals surface area contributed by atoms with Gasteiger partial charge in [0.05, 0.1) is 32.0 Å². The number of carbonyl (C=O) groups excluding carboxylic acids is 4. The molecule has 2 N–H and O–H groups in total. The van der Waals surface area contributed by atoms with Crippen molar-refractivity contribution in [3.05, 3.63) is 267 Å². The minimum absolute atomic E-state index is 0.0829. The first kappa shape index (κ1) is 83.9. The van der Waals surface area contributed by atoms with E-state index < -0.39 is 42.5 Å². The molecule has 0 amide bonds. The molecule has 11 aromatic rings. The number of fused-ring (bicyclic) bond motifs is 5. The quantitative estimate of drug-likeness (QED) is 0.0393. The van der Waals surface area contributed by atoms with E-state index in [2.05, 4.69) is 109 Å². The van der Waals surface area contributed by atoms with Crippen LogP contribution in [0.2, 0.25) is 0 Å². The smallest absolute Gasteiger partial charge is 0.316 e. The lowest BCUT2D eigenvalue weighted by Crippen LogP contribution is -2.28. The zero-order valence-corrected chi connectivity index (χ0v) is 65.6. The Kier molecular flexibility index (Phi) is 29.2. The van der Waals surface area contributed by atoms with Crippen molar-refractivity contribution in [3.8, 4) is 57.5 Å². The summed E-state index contributed by atoms with van der Waals surface area (Å²) in [5.74, 6) is 4.41. The Hall–Kier alpha value is -10.7. The summed E-state index contributed by atoms with van der Waals surface area (Å²) in [6.07, 6.45) is 2.77. The molecule has 0 bridgehead atoms. The molecule has 0 fully saturated rings. The number of hydrogen-bond donors (Lipinski definition) is 2. The summed E-state index contributed by atoms with van der Waals surface area (Å²) in [4.78, 5) is 53.9. The molecule has 109 heavy (non-hydrogen) atoms. The van der Waals surface area contributed by atoms with Gasteiger partial charge in [0.1, 0.15) is 76.5 Å². The van der Waals surface area contributed by atoms with Gasteiger partial charge in [-0.15, -0.1) is 0 Å². The summed E-state index contributed by atoms with van der Waals surface area (Å²) >= 11 is 0. The van der Waals surface area contributed by atoms with Crippen LogP contribution < -0.4 is 28.4 Å². The Morgan fingerprint density at radius 3 is 1.00 bits per heavy atom. The van der Waals surface area contributed by atoms with E-state index >= 15 is 0 Å². The number of ether oxygens (including phenoxy) is 6. The zero-order valence-electron chi connectivity index (χ0n) is 62.4. The lowest BCUT2D eigenvalue weighted by molar-refractivity contribution is -0.144. The zero-order chi connectivity index (χ0) is 79.3. The van der Waals surface area contributed by atoms with Gasteiger partial charge in [-0.25, -0.2) is 16.8 Å². The number of rotatable bonds is 16. The van der Waals surface area contributed by atoms with E-state index in [0.29, 0.717) is 40.9 Å². The second-order valence-electron chi connectivity index (χ2n) is 26.9. The molecule has 2 aliphatic heterocycles. The number of para-hydroxylation sites is 4. The van der Waals surface area contributed by atoms with Gasteiger partial charge in [0.2, 0.25) is 19.6 Å². The second kappa shape index (κ2) is 37.9. The molecule has 0 aliphatic carbocycles. The van der Waals surface area contributed by atoms with Crippen molar-refractivity contribution in [2.75, 3.05) is 0 Å². The first-order chi connectivity index (χ1) is 51.7. The molecule has 0 aromatic heterocycles. The summed E-state index contributed by atoms with van der Waals surface area (Å²) in [7, 11) is -9.12. The van der Waals surface area contributed by atoms with E-state index in [1.807, 2.05) is 111 Å². The fourth-order valence-electron chi connectivity index (χ4n) is 9.58. The van der Waals surface area contributed by atoms with Crippen LogP contribution in [0.25, 0.3) is 10.8 Å². The minimum Gasteiger partial charge on any atom is -0.744 e. The lowest BCUT2D eigenvalue weighted by atomic mass is 9.91. The number of phenolic OH excluding ortho intramolecular Hbond substituents is 2. The van der Waals surface area contributed by atoms with Gasteiger partial charge in [-0.3, -0.25) is 19.2 Å². The summed E-state index contributed by atoms with van der Waals surface area (Å²) in [6, 6.07) is 80.5. The molecule has 1 unspecified atom stereocenters. The normalized spacial score (nSPS) is 12.4. The number of esters is 4. The average molecular weight is 1550 g/mol. The SMILES string of the molecule is CCC(C)(C)C(=O)Oc1ccc(O)cc1.CCC(C)(C)C(=O)Oc1ccc(S(=O)(=O)[O-])cc1.CCC(C)(C)C(=O)Oc1ccc2cc(S(=O)(=O)[O-])ccc2c1.CCC(C)C(=O)Oc1ccc(O)cc1.c1ccc([S+]2c3ccccc3Oc3ccccc32)cc1.c1ccc([S+]2c3ccccc3Oc3ccccc32)cc1. The molecular formula is C87H88O18S4. The molecule has 0 radical (unpaired) electrons. The summed E-state index contributed by atoms with van der Waals surface area (Å²) in [5, 5.41) is 19.3. The molecule has 13 rings (SSSR count). The maximum absolute atomic E-state index is 12.0. The highest BCUT2D eigenvalue weighted by Gasteiger charge is 2.40. The fraction of sp³-hybridized carbons (Fsp3) is 0.218. The van der Waals surface area contributed by atoms with Crippen molar-refractivity contribution < 1.29 is 83.8 Å². The third kappa shape index (κ3) is 23.4. The van der Waals surface area contributed by atoms with E-state index in [4.69, 9.17) is 38.6 Å². The molecule has 0 saturated heterocycles. The van der Waals surface area contributed by atoms with Crippen LogP contribution in [0.15, 0.2) is 306 Å². The first-order valence-corrected chi connectivity index (χ1v) is 40.3. The summed E-state index contributed by atoms with van der Waals surface area (Å²) < 4.78 is 97.9. The fourth-order valence-corrected chi connectivity index (χ4v) is 15.0. The van der Waals surface area contributed by atoms with Crippen LogP contribution in [0.4, 0.5) is 0 Å². The van der Waals surface area contributed by atoms with Crippen molar-refractivity contribution in [2.24, 2.45) is 22.2 Å². The molecule has 18 nitrogen and oxygen atoms in total. The van der Waals surface area contributed by atoms with Crippen LogP contribution in [-0.2, 0) is 61.2 Å². The molecule has 1 atom stereocenters. The Morgan fingerprint density at radius 2 is 0.661 bits per heavy atom. The predicted octanol–water partition coefficient (Wildman–Crippen LogP) is 19.9. The number of hydrogen-bond acceptors (Lipinski definition) is 18. The number of carbonyl (C=O) groups is 4. The van der Waals surface area contributed by atoms with Gasteiger partial charge in [-0.2, -0.15) is 0 Å². The predicted molar refractivity (Wildman–Crippen MR) is 420 cm³/mol. The highest BCUT2D eigenvalue weighted by Crippen LogP contribution is 2.48. The maximum Gasteiger partial charge on any atom is 0.316 e. The maximum atomic E-state index is 12.0. The number of aromatic hydroxyl groups is 2. The van der Waals surface area contributed by atoms with Gasteiger partial charge in [0.25, 0.3) is 0 Å². The summed E-state index contributed by atoms with van der Waals surface area (Å²) in [6.45, 7) is 20.3. The number of benzene rings is 11. The van der Waals surface area contributed by atoms with E-state index in [1.165, 1.54) is 84.0 Å². The van der Waals surface area contributed by atoms with Crippen LogP contribution in [0.5, 0.6) is 57.5 Å². The summed E-state index contributed by atoms with van der Waals surface area (Å²) in [5.41, 5.74) is -1.66. The van der Waals surface area contributed by atoms with Gasteiger partial charge in [-0.05, 0) is 248 Å². The molecule has 22 heteroatoms. The highest BCUT2D eigenvalue weighted by molar-refractivity contribution is 7.97. The third-order valence-electron chi connectivity index (χ3n) is 17.7. The molecule has 0 spiro atoms. The third-order valence-corrected chi connectivity index (χ3v) is 24.0. The average Bonchev–Trinajstić information content (AvgIpc) is 0.771. The molecule has 568 valence electrons. The monoisotopic (exact) mass is 1550 g/mol. The van der Waals surface area contributed by atoms with Crippen molar-refractivity contribution >= 4 is 76.7 Å². The Morgan fingerprint density at radius 1 is 0.376 bits per heavy atom. The molecule has 11 aromatic carbocycles. The van der Waals surface area contributed by atoms with Gasteiger partial charge in [-0.1, -0.05) is 132 Å². The first-order valence-electron chi connectivity index (χ1n) is 35.1.